The summed E-state index contributed by atoms with van der Waals surface area (Å²) in [5.41, 5.74) is 2.37. The van der Waals surface area contributed by atoms with Crippen molar-refractivity contribution in [3.63, 3.8) is 0 Å². The maximum Gasteiger partial charge on any atom is 0.407 e. The van der Waals surface area contributed by atoms with Gasteiger partial charge in [0, 0.05) is 32.9 Å². The Morgan fingerprint density at radius 2 is 1.92 bits per heavy atom. The summed E-state index contributed by atoms with van der Waals surface area (Å²) in [6.07, 6.45) is 4.21. The fourth-order valence-corrected chi connectivity index (χ4v) is 6.39. The molecule has 2 saturated heterocycles. The van der Waals surface area contributed by atoms with E-state index in [2.05, 4.69) is 32.2 Å². The topological polar surface area (TPSA) is 89.6 Å². The highest BCUT2D eigenvalue weighted by Crippen LogP contribution is 2.47. The molecule has 0 aliphatic carbocycles. The third-order valence-electron chi connectivity index (χ3n) is 8.33. The second kappa shape index (κ2) is 11.4. The second-order valence-corrected chi connectivity index (χ2v) is 11.8. The molecule has 3 heterocycles. The molecule has 2 fully saturated rings. The van der Waals surface area contributed by atoms with Crippen LogP contribution >= 0.6 is 11.6 Å². The predicted molar refractivity (Wildman–Crippen MR) is 147 cm³/mol. The van der Waals surface area contributed by atoms with Crippen LogP contribution in [0, 0.1) is 11.8 Å². The number of allylic oxidation sites excluding steroid dienone is 2. The van der Waals surface area contributed by atoms with E-state index in [4.69, 9.17) is 30.5 Å². The molecule has 4 bridgehead atoms. The van der Waals surface area contributed by atoms with Gasteiger partial charge in [0.05, 0.1) is 36.6 Å². The zero-order chi connectivity index (χ0) is 27.8. The zero-order valence-corrected chi connectivity index (χ0v) is 24.3. The minimum absolute atomic E-state index is 0.0177. The molecule has 0 spiro atoms. The van der Waals surface area contributed by atoms with E-state index < -0.39 is 11.7 Å². The van der Waals surface area contributed by atoms with Gasteiger partial charge in [-0.15, -0.1) is 0 Å². The number of fused-ring (bicyclic) bond motifs is 5. The molecule has 38 heavy (non-hydrogen) atoms. The van der Waals surface area contributed by atoms with Crippen LogP contribution in [0.25, 0.3) is 0 Å². The van der Waals surface area contributed by atoms with Crippen molar-refractivity contribution in [1.82, 2.24) is 5.32 Å². The van der Waals surface area contributed by atoms with E-state index in [-0.39, 0.29) is 42.1 Å². The predicted octanol–water partition coefficient (Wildman–Crippen LogP) is 5.30. The SMILES string of the molecule is COc1cc2cc(c1Cl)N(C)C(=O)CC[C@]1(C)O[C@H]1[C@H](C)[C@@H]1CC(NC(=O)O1)[C@H](OC)CC(C)/C=C(\C)C2. The molecule has 1 aromatic carbocycles. The van der Waals surface area contributed by atoms with Gasteiger partial charge >= 0.3 is 6.09 Å². The molecule has 1 aromatic rings. The minimum Gasteiger partial charge on any atom is -0.495 e. The summed E-state index contributed by atoms with van der Waals surface area (Å²) >= 11 is 6.65. The normalized spacial score (nSPS) is 35.9. The van der Waals surface area contributed by atoms with Gasteiger partial charge in [-0.2, -0.15) is 0 Å². The Kier molecular flexibility index (Phi) is 8.65. The number of benzene rings is 1. The summed E-state index contributed by atoms with van der Waals surface area (Å²) < 4.78 is 23.3. The van der Waals surface area contributed by atoms with Crippen molar-refractivity contribution in [2.45, 2.75) is 89.8 Å². The summed E-state index contributed by atoms with van der Waals surface area (Å²) in [7, 11) is 5.02. The van der Waals surface area contributed by atoms with E-state index in [0.717, 1.165) is 12.0 Å². The first-order valence-corrected chi connectivity index (χ1v) is 13.8. The van der Waals surface area contributed by atoms with Gasteiger partial charge in [0.1, 0.15) is 16.9 Å². The number of carbonyl (C=O) groups excluding carboxylic acids is 2. The number of ether oxygens (including phenoxy) is 4. The van der Waals surface area contributed by atoms with Crippen LogP contribution in [0.1, 0.15) is 58.9 Å². The van der Waals surface area contributed by atoms with E-state index >= 15 is 0 Å². The number of halogens is 1. The fourth-order valence-electron chi connectivity index (χ4n) is 6.08. The van der Waals surface area contributed by atoms with Crippen LogP contribution in [-0.2, 0) is 25.4 Å². The van der Waals surface area contributed by atoms with Gasteiger partial charge in [0.2, 0.25) is 5.91 Å². The number of epoxide rings is 1. The highest BCUT2D eigenvalue weighted by Gasteiger charge is 2.57. The molecule has 8 nitrogen and oxygen atoms in total. The molecule has 0 radical (unpaired) electrons. The van der Waals surface area contributed by atoms with Crippen molar-refractivity contribution < 1.29 is 28.5 Å². The monoisotopic (exact) mass is 548 g/mol. The van der Waals surface area contributed by atoms with Gasteiger partial charge in [0.25, 0.3) is 0 Å². The largest absolute Gasteiger partial charge is 0.495 e. The van der Waals surface area contributed by atoms with Crippen molar-refractivity contribution in [3.05, 3.63) is 34.4 Å². The Labute approximate surface area is 231 Å². The van der Waals surface area contributed by atoms with Gasteiger partial charge < -0.3 is 29.2 Å². The quantitative estimate of drug-likeness (QED) is 0.399. The van der Waals surface area contributed by atoms with Crippen molar-refractivity contribution in [1.29, 1.82) is 0 Å². The summed E-state index contributed by atoms with van der Waals surface area (Å²) in [4.78, 5) is 27.4. The van der Waals surface area contributed by atoms with Crippen LogP contribution in [-0.4, -0.2) is 63.2 Å². The van der Waals surface area contributed by atoms with Crippen molar-refractivity contribution in [3.8, 4) is 5.75 Å². The number of hydrogen-bond donors (Lipinski definition) is 1. The first-order valence-electron chi connectivity index (χ1n) is 13.4. The number of methoxy groups -OCH3 is 2. The van der Waals surface area contributed by atoms with Crippen LogP contribution in [0.5, 0.6) is 5.75 Å². The Balaban J connectivity index is 1.67. The highest BCUT2D eigenvalue weighted by molar-refractivity contribution is 6.35. The Morgan fingerprint density at radius 1 is 1.18 bits per heavy atom. The molecule has 2 unspecified atom stereocenters. The van der Waals surface area contributed by atoms with E-state index in [1.165, 1.54) is 5.57 Å². The maximum absolute atomic E-state index is 13.3. The fraction of sp³-hybridized carbons (Fsp3) is 0.655. The van der Waals surface area contributed by atoms with E-state index in [1.807, 2.05) is 19.1 Å². The first-order chi connectivity index (χ1) is 17.9. The average molecular weight is 549 g/mol. The van der Waals surface area contributed by atoms with Crippen LogP contribution in [0.3, 0.4) is 0 Å². The van der Waals surface area contributed by atoms with Crippen LogP contribution in [0.2, 0.25) is 5.02 Å². The number of amides is 2. The zero-order valence-electron chi connectivity index (χ0n) is 23.5. The van der Waals surface area contributed by atoms with Gasteiger partial charge in [-0.25, -0.2) is 4.79 Å². The van der Waals surface area contributed by atoms with Crippen molar-refractivity contribution >= 4 is 29.3 Å². The number of anilines is 1. The van der Waals surface area contributed by atoms with E-state index in [9.17, 15) is 9.59 Å². The number of carbonyl (C=O) groups is 2. The minimum atomic E-state index is -0.453. The molecule has 3 aliphatic heterocycles. The van der Waals surface area contributed by atoms with Crippen molar-refractivity contribution in [2.75, 3.05) is 26.2 Å². The average Bonchev–Trinajstić information content (AvgIpc) is 3.56. The number of nitrogens with zero attached hydrogens (tertiary/aromatic N) is 1. The van der Waals surface area contributed by atoms with Gasteiger partial charge in [-0.3, -0.25) is 4.79 Å². The smallest absolute Gasteiger partial charge is 0.407 e. The first kappa shape index (κ1) is 28.7. The molecule has 1 N–H and O–H groups in total. The lowest BCUT2D eigenvalue weighted by molar-refractivity contribution is -0.118. The number of rotatable bonds is 2. The van der Waals surface area contributed by atoms with E-state index in [0.29, 0.717) is 42.1 Å². The van der Waals surface area contributed by atoms with Gasteiger partial charge in [-0.05, 0) is 56.7 Å². The third-order valence-corrected chi connectivity index (χ3v) is 8.71. The molecule has 3 aliphatic rings. The summed E-state index contributed by atoms with van der Waals surface area (Å²) in [6.45, 7) is 8.33. The maximum atomic E-state index is 13.3. The lowest BCUT2D eigenvalue weighted by Gasteiger charge is -2.37. The third kappa shape index (κ3) is 6.13. The molecular weight excluding hydrogens is 508 g/mol. The molecule has 210 valence electrons. The molecule has 0 saturated carbocycles. The molecule has 0 aromatic heterocycles. The number of hydrogen-bond acceptors (Lipinski definition) is 6. The molecular formula is C29H41ClN2O6. The summed E-state index contributed by atoms with van der Waals surface area (Å²) in [6, 6.07) is 3.73. The van der Waals surface area contributed by atoms with E-state index in [1.54, 1.807) is 26.2 Å². The van der Waals surface area contributed by atoms with Crippen molar-refractivity contribution in [2.24, 2.45) is 11.8 Å². The highest BCUT2D eigenvalue weighted by atomic mass is 35.5. The Hall–Kier alpha value is -2.29. The number of alkyl carbamates (subject to hydrolysis) is 1. The lowest BCUT2D eigenvalue weighted by atomic mass is 9.85. The summed E-state index contributed by atoms with van der Waals surface area (Å²) in [5, 5.41) is 3.39. The van der Waals surface area contributed by atoms with Gasteiger partial charge in [-0.1, -0.05) is 37.1 Å². The molecule has 7 atom stereocenters. The molecule has 4 rings (SSSR count). The lowest BCUT2D eigenvalue weighted by Crippen LogP contribution is -2.54. The van der Waals surface area contributed by atoms with Crippen LogP contribution in [0.4, 0.5) is 10.5 Å². The summed E-state index contributed by atoms with van der Waals surface area (Å²) in [5.74, 6) is 0.685. The second-order valence-electron chi connectivity index (χ2n) is 11.4. The standard InChI is InChI=1S/C29H41ClN2O6/c1-16-10-17(2)12-23(35-6)20-15-22(37-28(34)31-20)18(3)27-29(4,38-27)9-8-25(33)32(5)21-13-19(11-16)14-24(36-7)26(21)30/h10,13-14,17-18,20,22-23,27H,8-9,11-12,15H2,1-7H3,(H,31,34)/b16-10+/t17?,18-,20?,22+,23-,27+,29+/m1/s1. The molecule has 9 heteroatoms. The Morgan fingerprint density at radius 3 is 2.61 bits per heavy atom. The molecule has 2 amide bonds. The Bertz CT molecular complexity index is 1090. The van der Waals surface area contributed by atoms with Gasteiger partial charge in [0.15, 0.2) is 0 Å². The number of nitrogens with one attached hydrogen (secondary N) is 1. The van der Waals surface area contributed by atoms with Crippen LogP contribution in [0.15, 0.2) is 23.8 Å². The van der Waals surface area contributed by atoms with Crippen LogP contribution < -0.4 is 15.0 Å².